The van der Waals surface area contributed by atoms with Crippen molar-refractivity contribution in [3.8, 4) is 0 Å². The van der Waals surface area contributed by atoms with E-state index in [9.17, 15) is 9.18 Å². The third kappa shape index (κ3) is 4.50. The van der Waals surface area contributed by atoms with Crippen LogP contribution >= 0.6 is 0 Å². The van der Waals surface area contributed by atoms with Gasteiger partial charge in [0.05, 0.1) is 11.8 Å². The van der Waals surface area contributed by atoms with Gasteiger partial charge >= 0.3 is 0 Å². The summed E-state index contributed by atoms with van der Waals surface area (Å²) in [5.74, 6) is 0.116. The predicted octanol–water partition coefficient (Wildman–Crippen LogP) is 2.82. The maximum Gasteiger partial charge on any atom is 0.255 e. The average Bonchev–Trinajstić information content (AvgIpc) is 2.38. The van der Waals surface area contributed by atoms with Gasteiger partial charge in [-0.05, 0) is 25.3 Å². The molecule has 2 atom stereocenters. The van der Waals surface area contributed by atoms with Crippen LogP contribution in [0.25, 0.3) is 0 Å². The Kier molecular flexibility index (Phi) is 5.73. The van der Waals surface area contributed by atoms with Crippen LogP contribution in [0.3, 0.4) is 0 Å². The minimum absolute atomic E-state index is 0.0513. The number of carbonyl (C=O) groups excluding carboxylic acids is 1. The van der Waals surface area contributed by atoms with Crippen molar-refractivity contribution in [1.82, 2.24) is 10.3 Å². The highest BCUT2D eigenvalue weighted by Crippen LogP contribution is 2.14. The van der Waals surface area contributed by atoms with Gasteiger partial charge < -0.3 is 10.6 Å². The monoisotopic (exact) mass is 267 g/mol. The molecule has 5 heteroatoms. The summed E-state index contributed by atoms with van der Waals surface area (Å²) in [4.78, 5) is 16.0. The van der Waals surface area contributed by atoms with Crippen LogP contribution in [0.15, 0.2) is 12.3 Å². The number of rotatable bonds is 6. The van der Waals surface area contributed by atoms with E-state index in [1.807, 2.05) is 6.92 Å². The number of aromatic nitrogens is 1. The second kappa shape index (κ2) is 7.07. The van der Waals surface area contributed by atoms with Gasteiger partial charge in [0.25, 0.3) is 5.91 Å². The largest absolute Gasteiger partial charge is 0.372 e. The Hall–Kier alpha value is -1.65. The molecule has 4 nitrogen and oxygen atoms in total. The van der Waals surface area contributed by atoms with Gasteiger partial charge in [-0.15, -0.1) is 0 Å². The zero-order valence-electron chi connectivity index (χ0n) is 12.0. The Morgan fingerprint density at radius 2 is 2.16 bits per heavy atom. The zero-order valence-corrected chi connectivity index (χ0v) is 12.0. The first-order valence-corrected chi connectivity index (χ1v) is 6.62. The molecule has 0 aliphatic rings. The van der Waals surface area contributed by atoms with E-state index in [1.54, 1.807) is 7.05 Å². The summed E-state index contributed by atoms with van der Waals surface area (Å²) in [7, 11) is 1.65. The van der Waals surface area contributed by atoms with Crippen LogP contribution in [0.2, 0.25) is 0 Å². The van der Waals surface area contributed by atoms with Crippen LogP contribution in [0, 0.1) is 11.7 Å². The van der Waals surface area contributed by atoms with Crippen LogP contribution in [0.5, 0.6) is 0 Å². The minimum Gasteiger partial charge on any atom is -0.372 e. The number of nitrogens with one attached hydrogen (secondary N) is 2. The predicted molar refractivity (Wildman–Crippen MR) is 74.7 cm³/mol. The number of carbonyl (C=O) groups is 1. The number of hydrogen-bond acceptors (Lipinski definition) is 3. The van der Waals surface area contributed by atoms with Crippen molar-refractivity contribution >= 4 is 11.7 Å². The van der Waals surface area contributed by atoms with E-state index in [-0.39, 0.29) is 17.5 Å². The molecule has 0 spiro atoms. The van der Waals surface area contributed by atoms with Gasteiger partial charge in [-0.3, -0.25) is 4.79 Å². The molecule has 0 saturated carbocycles. The molecule has 2 unspecified atom stereocenters. The Bertz CT molecular complexity index is 437. The average molecular weight is 267 g/mol. The van der Waals surface area contributed by atoms with E-state index < -0.39 is 5.82 Å². The second-order valence-electron chi connectivity index (χ2n) is 4.92. The SMILES string of the molecule is CCC(C)CC(C)NC(=O)c1cc(F)cnc1NC. The van der Waals surface area contributed by atoms with Crippen LogP contribution in [-0.2, 0) is 0 Å². The third-order valence-corrected chi connectivity index (χ3v) is 3.17. The Labute approximate surface area is 113 Å². The molecule has 0 aliphatic heterocycles. The van der Waals surface area contributed by atoms with Gasteiger partial charge in [-0.1, -0.05) is 20.3 Å². The van der Waals surface area contributed by atoms with Crippen molar-refractivity contribution in [2.75, 3.05) is 12.4 Å². The fourth-order valence-corrected chi connectivity index (χ4v) is 1.94. The molecule has 0 bridgehead atoms. The second-order valence-corrected chi connectivity index (χ2v) is 4.92. The highest BCUT2D eigenvalue weighted by molar-refractivity contribution is 5.98. The van der Waals surface area contributed by atoms with Gasteiger partial charge in [0, 0.05) is 13.1 Å². The third-order valence-electron chi connectivity index (χ3n) is 3.17. The molecule has 1 aromatic heterocycles. The van der Waals surface area contributed by atoms with E-state index >= 15 is 0 Å². The van der Waals surface area contributed by atoms with Crippen molar-refractivity contribution < 1.29 is 9.18 Å². The summed E-state index contributed by atoms with van der Waals surface area (Å²) in [6, 6.07) is 1.25. The van der Waals surface area contributed by atoms with Crippen molar-refractivity contribution in [2.24, 2.45) is 5.92 Å². The van der Waals surface area contributed by atoms with Crippen molar-refractivity contribution in [3.05, 3.63) is 23.6 Å². The minimum atomic E-state index is -0.515. The Morgan fingerprint density at radius 1 is 1.47 bits per heavy atom. The molecule has 1 rings (SSSR count). The van der Waals surface area contributed by atoms with Crippen LogP contribution < -0.4 is 10.6 Å². The summed E-state index contributed by atoms with van der Waals surface area (Å²) >= 11 is 0. The molecule has 0 radical (unpaired) electrons. The molecule has 1 amide bonds. The quantitative estimate of drug-likeness (QED) is 0.833. The van der Waals surface area contributed by atoms with E-state index in [1.165, 1.54) is 6.07 Å². The van der Waals surface area contributed by atoms with Crippen LogP contribution in [-0.4, -0.2) is 24.0 Å². The van der Waals surface area contributed by atoms with Crippen molar-refractivity contribution in [3.63, 3.8) is 0 Å². The fraction of sp³-hybridized carbons (Fsp3) is 0.571. The van der Waals surface area contributed by atoms with Gasteiger partial charge in [0.2, 0.25) is 0 Å². The summed E-state index contributed by atoms with van der Waals surface area (Å²) in [6.45, 7) is 6.22. The topological polar surface area (TPSA) is 54.0 Å². The highest BCUT2D eigenvalue weighted by Gasteiger charge is 2.16. The summed E-state index contributed by atoms with van der Waals surface area (Å²) < 4.78 is 13.2. The smallest absolute Gasteiger partial charge is 0.255 e. The number of pyridine rings is 1. The van der Waals surface area contributed by atoms with E-state index in [2.05, 4.69) is 29.5 Å². The highest BCUT2D eigenvalue weighted by atomic mass is 19.1. The van der Waals surface area contributed by atoms with Gasteiger partial charge in [0.1, 0.15) is 11.6 Å². The molecule has 2 N–H and O–H groups in total. The van der Waals surface area contributed by atoms with Gasteiger partial charge in [-0.2, -0.15) is 0 Å². The fourth-order valence-electron chi connectivity index (χ4n) is 1.94. The maximum atomic E-state index is 13.2. The number of halogens is 1. The summed E-state index contributed by atoms with van der Waals surface area (Å²) in [5, 5.41) is 5.67. The molecule has 19 heavy (non-hydrogen) atoms. The van der Waals surface area contributed by atoms with Crippen molar-refractivity contribution in [2.45, 2.75) is 39.7 Å². The molecule has 0 aromatic carbocycles. The number of anilines is 1. The lowest BCUT2D eigenvalue weighted by molar-refractivity contribution is 0.0935. The maximum absolute atomic E-state index is 13.2. The first kappa shape index (κ1) is 15.4. The normalized spacial score (nSPS) is 13.7. The van der Waals surface area contributed by atoms with Crippen LogP contribution in [0.1, 0.15) is 44.0 Å². The van der Waals surface area contributed by atoms with E-state index in [4.69, 9.17) is 0 Å². The Balaban J connectivity index is 2.75. The lowest BCUT2D eigenvalue weighted by Crippen LogP contribution is -2.34. The Morgan fingerprint density at radius 3 is 2.74 bits per heavy atom. The molecule has 1 heterocycles. The molecule has 0 saturated heterocycles. The van der Waals surface area contributed by atoms with Crippen molar-refractivity contribution in [1.29, 1.82) is 0 Å². The van der Waals surface area contributed by atoms with Gasteiger partial charge in [-0.25, -0.2) is 9.37 Å². The molecular weight excluding hydrogens is 245 g/mol. The molecular formula is C14H22FN3O. The summed E-state index contributed by atoms with van der Waals surface area (Å²) in [6.07, 6.45) is 3.06. The molecule has 1 aromatic rings. The molecule has 106 valence electrons. The number of nitrogens with zero attached hydrogens (tertiary/aromatic N) is 1. The van der Waals surface area contributed by atoms with Crippen LogP contribution in [0.4, 0.5) is 10.2 Å². The lowest BCUT2D eigenvalue weighted by atomic mass is 10.0. The summed E-state index contributed by atoms with van der Waals surface area (Å²) in [5.41, 5.74) is 0.235. The lowest BCUT2D eigenvalue weighted by Gasteiger charge is -2.18. The molecule has 0 aliphatic carbocycles. The molecule has 0 fully saturated rings. The van der Waals surface area contributed by atoms with E-state index in [0.717, 1.165) is 19.0 Å². The first-order chi connectivity index (χ1) is 8.97. The zero-order chi connectivity index (χ0) is 14.4. The van der Waals surface area contributed by atoms with E-state index in [0.29, 0.717) is 11.7 Å². The van der Waals surface area contributed by atoms with Gasteiger partial charge in [0.15, 0.2) is 0 Å². The standard InChI is InChI=1S/C14H22FN3O/c1-5-9(2)6-10(3)18-14(19)12-7-11(15)8-17-13(12)16-4/h7-10H,5-6H2,1-4H3,(H,16,17)(H,18,19). The number of hydrogen-bond donors (Lipinski definition) is 2. The number of amides is 1. The first-order valence-electron chi connectivity index (χ1n) is 6.62.